The maximum atomic E-state index is 14.8. The van der Waals surface area contributed by atoms with Crippen LogP contribution >= 0.6 is 0 Å². The van der Waals surface area contributed by atoms with Gasteiger partial charge in [-0.05, 0) is 144 Å². The van der Waals surface area contributed by atoms with E-state index in [1.165, 1.54) is 13.5 Å². The fraction of sp³-hybridized carbons (Fsp3) is 0.889. The van der Waals surface area contributed by atoms with Gasteiger partial charge in [-0.2, -0.15) is 0 Å². The topological polar surface area (TPSA) is 125 Å². The minimum absolute atomic E-state index is 0.0535. The van der Waals surface area contributed by atoms with Crippen LogP contribution in [0.5, 0.6) is 0 Å². The molecular weight excluding hydrogens is 576 g/mol. The van der Waals surface area contributed by atoms with Crippen molar-refractivity contribution in [1.82, 2.24) is 0 Å². The first-order valence-electron chi connectivity index (χ1n) is 16.9. The number of carboxylic acid groups (broad SMARTS) is 1. The lowest BCUT2D eigenvalue weighted by Crippen LogP contribution is -2.59. The van der Waals surface area contributed by atoms with Crippen molar-refractivity contribution in [2.24, 2.45) is 45.3 Å². The van der Waals surface area contributed by atoms with Crippen LogP contribution in [0.1, 0.15) is 127 Å². The highest BCUT2D eigenvalue weighted by Crippen LogP contribution is 2.60. The van der Waals surface area contributed by atoms with Gasteiger partial charge in [0.2, 0.25) is 0 Å². The summed E-state index contributed by atoms with van der Waals surface area (Å²) in [5.74, 6) is -0.609. The molecule has 4 bridgehead atoms. The van der Waals surface area contributed by atoms with E-state index in [1.807, 2.05) is 6.92 Å². The smallest absolute Gasteiger partial charge is 0.312 e. The molecule has 45 heavy (non-hydrogen) atoms. The van der Waals surface area contributed by atoms with Crippen molar-refractivity contribution in [1.29, 1.82) is 0 Å². The summed E-state index contributed by atoms with van der Waals surface area (Å²) in [5, 5.41) is 10.1. The molecular formula is C36H60O9. The Morgan fingerprint density at radius 1 is 0.711 bits per heavy atom. The number of hydrogen-bond acceptors (Lipinski definition) is 8. The standard InChI is InChI=1S/C36H60O9/c1-12-33(7,28(39)43-14-13-42-11)21-35(9,22-34(8,20-32(5,6)27(37)38)29(40)44-31(2,3)4)30(41)45-36(10)25-16-23-15-24(18-25)19-26(36)17-23/h23-26H,12-22H2,1-11H3,(H,37,38). The zero-order valence-corrected chi connectivity index (χ0v) is 29.8. The van der Waals surface area contributed by atoms with Crippen LogP contribution < -0.4 is 0 Å². The predicted molar refractivity (Wildman–Crippen MR) is 170 cm³/mol. The van der Waals surface area contributed by atoms with Gasteiger partial charge in [0.15, 0.2) is 0 Å². The van der Waals surface area contributed by atoms with Crippen LogP contribution in [-0.4, -0.2) is 60.5 Å². The zero-order valence-electron chi connectivity index (χ0n) is 29.8. The van der Waals surface area contributed by atoms with E-state index < -0.39 is 56.7 Å². The van der Waals surface area contributed by atoms with Crippen LogP contribution in [0, 0.1) is 45.3 Å². The molecule has 0 aromatic carbocycles. The second-order valence-electron chi connectivity index (χ2n) is 17.3. The van der Waals surface area contributed by atoms with Crippen molar-refractivity contribution in [2.45, 2.75) is 138 Å². The highest BCUT2D eigenvalue weighted by atomic mass is 16.6. The molecule has 1 N–H and O–H groups in total. The summed E-state index contributed by atoms with van der Waals surface area (Å²) in [6.45, 7) is 18.0. The molecule has 4 aliphatic carbocycles. The van der Waals surface area contributed by atoms with Gasteiger partial charge >= 0.3 is 23.9 Å². The van der Waals surface area contributed by atoms with Gasteiger partial charge in [0.1, 0.15) is 17.8 Å². The fourth-order valence-electron chi connectivity index (χ4n) is 8.93. The van der Waals surface area contributed by atoms with Gasteiger partial charge in [-0.25, -0.2) is 0 Å². The van der Waals surface area contributed by atoms with Crippen molar-refractivity contribution in [3.8, 4) is 0 Å². The number of carbonyl (C=O) groups excluding carboxylic acids is 3. The summed E-state index contributed by atoms with van der Waals surface area (Å²) in [7, 11) is 1.53. The first kappa shape index (κ1) is 37.3. The average molecular weight is 637 g/mol. The number of carbonyl (C=O) groups is 4. The first-order valence-corrected chi connectivity index (χ1v) is 16.9. The molecule has 9 heteroatoms. The van der Waals surface area contributed by atoms with E-state index in [0.717, 1.165) is 25.7 Å². The normalized spacial score (nSPS) is 30.0. The SMILES string of the molecule is CCC(C)(CC(C)(CC(C)(CC(C)(C)C(=O)O)C(=O)OC(C)(C)C)C(=O)OC1(C)C2CC3CC(C2)CC1C3)C(=O)OCCOC. The number of rotatable bonds is 15. The molecule has 9 nitrogen and oxygen atoms in total. The second kappa shape index (κ2) is 13.2. The molecule has 0 aromatic rings. The number of ether oxygens (including phenoxy) is 4. The van der Waals surface area contributed by atoms with Crippen molar-refractivity contribution >= 4 is 23.9 Å². The summed E-state index contributed by atoms with van der Waals surface area (Å²) in [5.41, 5.74) is -6.57. The van der Waals surface area contributed by atoms with E-state index in [1.54, 1.807) is 55.4 Å². The summed E-state index contributed by atoms with van der Waals surface area (Å²) >= 11 is 0. The van der Waals surface area contributed by atoms with E-state index >= 15 is 0 Å². The molecule has 0 amide bonds. The van der Waals surface area contributed by atoms with Gasteiger partial charge in [-0.1, -0.05) is 6.92 Å². The quantitative estimate of drug-likeness (QED) is 0.115. The number of aliphatic carboxylic acids is 1. The molecule has 3 unspecified atom stereocenters. The Labute approximate surface area is 270 Å². The van der Waals surface area contributed by atoms with Gasteiger partial charge in [0.05, 0.1) is 28.3 Å². The Kier molecular flexibility index (Phi) is 10.9. The number of carboxylic acids is 1. The van der Waals surface area contributed by atoms with Crippen molar-refractivity contribution in [3.05, 3.63) is 0 Å². The molecule has 4 aliphatic rings. The largest absolute Gasteiger partial charge is 0.481 e. The maximum Gasteiger partial charge on any atom is 0.312 e. The highest BCUT2D eigenvalue weighted by Gasteiger charge is 2.60. The lowest BCUT2D eigenvalue weighted by Gasteiger charge is -2.59. The van der Waals surface area contributed by atoms with Crippen LogP contribution in [-0.2, 0) is 38.1 Å². The summed E-state index contributed by atoms with van der Waals surface area (Å²) in [4.78, 5) is 54.6. The number of hydrogen-bond donors (Lipinski definition) is 1. The lowest BCUT2D eigenvalue weighted by molar-refractivity contribution is -0.216. The van der Waals surface area contributed by atoms with Gasteiger partial charge in [-0.3, -0.25) is 19.2 Å². The van der Waals surface area contributed by atoms with Gasteiger partial charge < -0.3 is 24.1 Å². The minimum Gasteiger partial charge on any atom is -0.481 e. The van der Waals surface area contributed by atoms with Gasteiger partial charge in [-0.15, -0.1) is 0 Å². The van der Waals surface area contributed by atoms with E-state index in [-0.39, 0.29) is 44.3 Å². The van der Waals surface area contributed by atoms with E-state index in [4.69, 9.17) is 18.9 Å². The van der Waals surface area contributed by atoms with Crippen LogP contribution in [0.15, 0.2) is 0 Å². The molecule has 4 rings (SSSR count). The van der Waals surface area contributed by atoms with E-state index in [0.29, 0.717) is 18.3 Å². The summed E-state index contributed by atoms with van der Waals surface area (Å²) < 4.78 is 23.2. The molecule has 0 aliphatic heterocycles. The minimum atomic E-state index is -1.39. The maximum absolute atomic E-state index is 14.8. The van der Waals surface area contributed by atoms with E-state index in [9.17, 15) is 24.3 Å². The number of methoxy groups -OCH3 is 1. The lowest BCUT2D eigenvalue weighted by atomic mass is 9.50. The summed E-state index contributed by atoms with van der Waals surface area (Å²) in [6.07, 6.45) is 5.79. The zero-order chi connectivity index (χ0) is 34.2. The second-order valence-corrected chi connectivity index (χ2v) is 17.3. The van der Waals surface area contributed by atoms with Crippen LogP contribution in [0.3, 0.4) is 0 Å². The third-order valence-electron chi connectivity index (χ3n) is 11.2. The Balaban J connectivity index is 2.06. The van der Waals surface area contributed by atoms with Crippen molar-refractivity contribution in [3.63, 3.8) is 0 Å². The Morgan fingerprint density at radius 2 is 1.20 bits per heavy atom. The third-order valence-corrected chi connectivity index (χ3v) is 11.2. The Hall–Kier alpha value is -2.16. The molecule has 4 saturated carbocycles. The average Bonchev–Trinajstić information content (AvgIpc) is 2.89. The molecule has 0 saturated heterocycles. The van der Waals surface area contributed by atoms with Gasteiger partial charge in [0.25, 0.3) is 0 Å². The molecule has 4 fully saturated rings. The Morgan fingerprint density at radius 3 is 1.64 bits per heavy atom. The molecule has 258 valence electrons. The molecule has 0 radical (unpaired) electrons. The van der Waals surface area contributed by atoms with Gasteiger partial charge in [0, 0.05) is 7.11 Å². The van der Waals surface area contributed by atoms with Crippen molar-refractivity contribution < 1.29 is 43.2 Å². The first-order chi connectivity index (χ1) is 20.5. The van der Waals surface area contributed by atoms with Crippen LogP contribution in [0.25, 0.3) is 0 Å². The Bertz CT molecular complexity index is 1090. The highest BCUT2D eigenvalue weighted by molar-refractivity contribution is 5.84. The van der Waals surface area contributed by atoms with Crippen molar-refractivity contribution in [2.75, 3.05) is 20.3 Å². The predicted octanol–water partition coefficient (Wildman–Crippen LogP) is 6.99. The van der Waals surface area contributed by atoms with Crippen LogP contribution in [0.2, 0.25) is 0 Å². The van der Waals surface area contributed by atoms with Crippen LogP contribution in [0.4, 0.5) is 0 Å². The summed E-state index contributed by atoms with van der Waals surface area (Å²) in [6, 6.07) is 0. The third kappa shape index (κ3) is 8.23. The fourth-order valence-corrected chi connectivity index (χ4v) is 8.93. The molecule has 0 spiro atoms. The van der Waals surface area contributed by atoms with E-state index in [2.05, 4.69) is 6.92 Å². The molecule has 0 heterocycles. The monoisotopic (exact) mass is 636 g/mol. The molecule has 3 atom stereocenters. The molecule has 0 aromatic heterocycles. The number of esters is 3.